The van der Waals surface area contributed by atoms with Crippen molar-refractivity contribution in [2.45, 2.75) is 12.2 Å². The van der Waals surface area contributed by atoms with Crippen molar-refractivity contribution in [1.82, 2.24) is 5.32 Å². The Kier molecular flexibility index (Phi) is 2.69. The lowest BCUT2D eigenvalue weighted by atomic mass is 10.4. The molecule has 12 heavy (non-hydrogen) atoms. The van der Waals surface area contributed by atoms with Crippen LogP contribution in [0.4, 0.5) is 4.79 Å². The van der Waals surface area contributed by atoms with E-state index in [2.05, 4.69) is 4.74 Å². The lowest BCUT2D eigenvalue weighted by molar-refractivity contribution is -0.144. The number of nitrogens with one attached hydrogen (secondary N) is 1. The van der Waals surface area contributed by atoms with E-state index in [1.165, 1.54) is 0 Å². The summed E-state index contributed by atoms with van der Waals surface area (Å²) in [6.45, 7) is 1.84. The lowest BCUT2D eigenvalue weighted by Crippen LogP contribution is -2.31. The minimum Gasteiger partial charge on any atom is -0.465 e. The SMILES string of the molecule is CCOC(=O)[C@@H]1SC(=O)NC1=O. The highest BCUT2D eigenvalue weighted by molar-refractivity contribution is 8.16. The maximum atomic E-state index is 10.9. The van der Waals surface area contributed by atoms with E-state index in [0.717, 1.165) is 0 Å². The third kappa shape index (κ3) is 1.76. The topological polar surface area (TPSA) is 72.5 Å². The fourth-order valence-corrected chi connectivity index (χ4v) is 1.43. The van der Waals surface area contributed by atoms with Crippen LogP contribution in [-0.2, 0) is 14.3 Å². The quantitative estimate of drug-likeness (QED) is 0.485. The first-order valence-electron chi connectivity index (χ1n) is 3.33. The summed E-state index contributed by atoms with van der Waals surface area (Å²) < 4.78 is 4.57. The molecular weight excluding hydrogens is 182 g/mol. The van der Waals surface area contributed by atoms with Gasteiger partial charge >= 0.3 is 5.97 Å². The number of hydrogen-bond acceptors (Lipinski definition) is 5. The third-order valence-electron chi connectivity index (χ3n) is 1.19. The summed E-state index contributed by atoms with van der Waals surface area (Å²) in [6, 6.07) is 0. The number of carbonyl (C=O) groups is 3. The van der Waals surface area contributed by atoms with Crippen LogP contribution in [0, 0.1) is 0 Å². The highest BCUT2D eigenvalue weighted by Crippen LogP contribution is 2.19. The van der Waals surface area contributed by atoms with Crippen LogP contribution >= 0.6 is 11.8 Å². The van der Waals surface area contributed by atoms with Gasteiger partial charge < -0.3 is 4.74 Å². The van der Waals surface area contributed by atoms with E-state index in [1.807, 2.05) is 5.32 Å². The summed E-state index contributed by atoms with van der Waals surface area (Å²) in [5.74, 6) is -1.26. The van der Waals surface area contributed by atoms with Crippen LogP contribution in [0.5, 0.6) is 0 Å². The maximum Gasteiger partial charge on any atom is 0.329 e. The fourth-order valence-electron chi connectivity index (χ4n) is 0.729. The second kappa shape index (κ2) is 3.57. The monoisotopic (exact) mass is 189 g/mol. The van der Waals surface area contributed by atoms with Gasteiger partial charge in [-0.05, 0) is 18.7 Å². The van der Waals surface area contributed by atoms with Crippen molar-refractivity contribution in [2.24, 2.45) is 0 Å². The molecule has 1 atom stereocenters. The van der Waals surface area contributed by atoms with E-state index < -0.39 is 22.4 Å². The number of hydrogen-bond donors (Lipinski definition) is 1. The molecule has 2 amide bonds. The molecule has 1 N–H and O–H groups in total. The summed E-state index contributed by atoms with van der Waals surface area (Å²) in [5, 5.41) is 0.472. The number of thioether (sulfide) groups is 1. The Morgan fingerprint density at radius 2 is 2.33 bits per heavy atom. The molecule has 1 heterocycles. The van der Waals surface area contributed by atoms with Gasteiger partial charge in [0, 0.05) is 0 Å². The van der Waals surface area contributed by atoms with Gasteiger partial charge in [-0.25, -0.2) is 0 Å². The number of esters is 1. The molecule has 0 spiro atoms. The first-order chi connectivity index (χ1) is 5.65. The molecule has 0 aliphatic carbocycles. The Morgan fingerprint density at radius 3 is 2.75 bits per heavy atom. The van der Waals surface area contributed by atoms with Crippen LogP contribution in [0.15, 0.2) is 0 Å². The van der Waals surface area contributed by atoms with Gasteiger partial charge in [-0.2, -0.15) is 0 Å². The average Bonchev–Trinajstić information content (AvgIpc) is 2.30. The predicted molar refractivity (Wildman–Crippen MR) is 41.6 cm³/mol. The number of carbonyl (C=O) groups excluding carboxylic acids is 3. The van der Waals surface area contributed by atoms with Crippen LogP contribution < -0.4 is 5.32 Å². The normalized spacial score (nSPS) is 22.2. The van der Waals surface area contributed by atoms with Crippen molar-refractivity contribution in [3.8, 4) is 0 Å². The van der Waals surface area contributed by atoms with Gasteiger partial charge in [0.15, 0.2) is 5.25 Å². The first kappa shape index (κ1) is 9.05. The zero-order valence-corrected chi connectivity index (χ0v) is 7.14. The Bertz CT molecular complexity index is 240. The summed E-state index contributed by atoms with van der Waals surface area (Å²) in [7, 11) is 0. The highest BCUT2D eigenvalue weighted by atomic mass is 32.2. The Labute approximate surface area is 72.8 Å². The van der Waals surface area contributed by atoms with Gasteiger partial charge in [-0.15, -0.1) is 0 Å². The van der Waals surface area contributed by atoms with Crippen LogP contribution in [0.2, 0.25) is 0 Å². The smallest absolute Gasteiger partial charge is 0.329 e. The van der Waals surface area contributed by atoms with Gasteiger partial charge in [0.1, 0.15) is 0 Å². The van der Waals surface area contributed by atoms with Crippen molar-refractivity contribution in [1.29, 1.82) is 0 Å². The summed E-state index contributed by atoms with van der Waals surface area (Å²) in [4.78, 5) is 32.4. The van der Waals surface area contributed by atoms with Gasteiger partial charge in [-0.1, -0.05) is 0 Å². The molecule has 0 aromatic rings. The Morgan fingerprint density at radius 1 is 1.67 bits per heavy atom. The minimum absolute atomic E-state index is 0.206. The lowest BCUT2D eigenvalue weighted by Gasteiger charge is -2.02. The molecule has 1 fully saturated rings. The molecule has 66 valence electrons. The molecule has 0 bridgehead atoms. The standard InChI is InChI=1S/C6H7NO4S/c1-2-11-5(9)3-4(8)7-6(10)12-3/h3H,2H2,1H3,(H,7,8,10)/t3-/m1/s1. The van der Waals surface area contributed by atoms with Gasteiger partial charge in [0.05, 0.1) is 6.61 Å². The Balaban J connectivity index is 2.58. The van der Waals surface area contributed by atoms with Crippen LogP contribution in [-0.4, -0.2) is 29.0 Å². The van der Waals surface area contributed by atoms with E-state index in [9.17, 15) is 14.4 Å². The molecule has 0 radical (unpaired) electrons. The number of ether oxygens (including phenoxy) is 1. The Hall–Kier alpha value is -1.04. The second-order valence-corrected chi connectivity index (χ2v) is 3.10. The van der Waals surface area contributed by atoms with Crippen LogP contribution in [0.1, 0.15) is 6.92 Å². The van der Waals surface area contributed by atoms with Crippen LogP contribution in [0.3, 0.4) is 0 Å². The van der Waals surface area contributed by atoms with Gasteiger partial charge in [0.2, 0.25) is 0 Å². The van der Waals surface area contributed by atoms with E-state index in [0.29, 0.717) is 11.8 Å². The van der Waals surface area contributed by atoms with Crippen molar-refractivity contribution >= 4 is 28.9 Å². The van der Waals surface area contributed by atoms with E-state index in [4.69, 9.17) is 0 Å². The summed E-state index contributed by atoms with van der Waals surface area (Å²) >= 11 is 0.648. The zero-order valence-electron chi connectivity index (χ0n) is 6.33. The zero-order chi connectivity index (χ0) is 9.14. The minimum atomic E-state index is -1.02. The van der Waals surface area contributed by atoms with E-state index in [-0.39, 0.29) is 6.61 Å². The maximum absolute atomic E-state index is 10.9. The van der Waals surface area contributed by atoms with E-state index >= 15 is 0 Å². The molecule has 0 saturated carbocycles. The molecule has 6 heteroatoms. The largest absolute Gasteiger partial charge is 0.465 e. The molecule has 1 saturated heterocycles. The molecule has 0 aromatic heterocycles. The second-order valence-electron chi connectivity index (χ2n) is 2.03. The number of imide groups is 1. The predicted octanol–water partition coefficient (Wildman–Crippen LogP) is -0.0989. The number of rotatable bonds is 2. The van der Waals surface area contributed by atoms with Crippen molar-refractivity contribution in [3.63, 3.8) is 0 Å². The number of amides is 2. The molecule has 1 aliphatic heterocycles. The third-order valence-corrected chi connectivity index (χ3v) is 2.15. The van der Waals surface area contributed by atoms with Crippen molar-refractivity contribution < 1.29 is 19.1 Å². The van der Waals surface area contributed by atoms with Gasteiger partial charge in [0.25, 0.3) is 11.1 Å². The first-order valence-corrected chi connectivity index (χ1v) is 4.21. The van der Waals surface area contributed by atoms with Crippen LogP contribution in [0.25, 0.3) is 0 Å². The molecule has 0 unspecified atom stereocenters. The molecular formula is C6H7NO4S. The van der Waals surface area contributed by atoms with Gasteiger partial charge in [-0.3, -0.25) is 19.7 Å². The summed E-state index contributed by atoms with van der Waals surface area (Å²) in [5.41, 5.74) is 0. The highest BCUT2D eigenvalue weighted by Gasteiger charge is 2.38. The van der Waals surface area contributed by atoms with E-state index in [1.54, 1.807) is 6.92 Å². The van der Waals surface area contributed by atoms with Crippen molar-refractivity contribution in [2.75, 3.05) is 6.61 Å². The molecule has 1 aliphatic rings. The fraction of sp³-hybridized carbons (Fsp3) is 0.500. The summed E-state index contributed by atoms with van der Waals surface area (Å²) in [6.07, 6.45) is 0. The average molecular weight is 189 g/mol. The van der Waals surface area contributed by atoms with Crippen molar-refractivity contribution in [3.05, 3.63) is 0 Å². The molecule has 0 aromatic carbocycles. The molecule has 5 nitrogen and oxygen atoms in total. The molecule has 1 rings (SSSR count).